The third-order valence-corrected chi connectivity index (χ3v) is 4.74. The minimum Gasteiger partial charge on any atom is -0.311 e. The molecule has 1 aliphatic rings. The fourth-order valence-electron chi connectivity index (χ4n) is 3.67. The molecule has 0 aromatic carbocycles. The summed E-state index contributed by atoms with van der Waals surface area (Å²) in [6, 6.07) is 0.356. The summed E-state index contributed by atoms with van der Waals surface area (Å²) in [4.78, 5) is 2.44. The molecule has 1 aromatic rings. The van der Waals surface area contributed by atoms with Gasteiger partial charge in [0.2, 0.25) is 0 Å². The Morgan fingerprint density at radius 2 is 1.89 bits per heavy atom. The Morgan fingerprint density at radius 1 is 1.26 bits per heavy atom. The summed E-state index contributed by atoms with van der Waals surface area (Å²) in [5, 5.41) is 7.91. The molecule has 0 bridgehead atoms. The van der Waals surface area contributed by atoms with Gasteiger partial charge in [-0.25, -0.2) is 0 Å². The van der Waals surface area contributed by atoms with Gasteiger partial charge in [-0.2, -0.15) is 5.10 Å². The van der Waals surface area contributed by atoms with Gasteiger partial charge in [-0.1, -0.05) is 25.7 Å². The fourth-order valence-corrected chi connectivity index (χ4v) is 3.67. The van der Waals surface area contributed by atoms with Crippen molar-refractivity contribution in [2.45, 2.75) is 50.1 Å². The van der Waals surface area contributed by atoms with E-state index in [4.69, 9.17) is 0 Å². The number of hydrogen-bond donors (Lipinski definition) is 1. The number of nitrogens with zero attached hydrogens (tertiary/aromatic N) is 3. The van der Waals surface area contributed by atoms with Crippen molar-refractivity contribution in [3.8, 4) is 0 Å². The Morgan fingerprint density at radius 3 is 2.32 bits per heavy atom. The summed E-state index contributed by atoms with van der Waals surface area (Å²) in [7, 11) is 8.53. The SMILES string of the molecule is CNC(c1cnn(C)c1)C1(N(C)C)CCCCCC1. The molecule has 0 spiro atoms. The topological polar surface area (TPSA) is 33.1 Å². The maximum atomic E-state index is 4.35. The summed E-state index contributed by atoms with van der Waals surface area (Å²) in [5.41, 5.74) is 1.52. The van der Waals surface area contributed by atoms with Crippen molar-refractivity contribution in [1.82, 2.24) is 20.0 Å². The second-order valence-corrected chi connectivity index (χ2v) is 6.08. The van der Waals surface area contributed by atoms with Crippen LogP contribution in [0.2, 0.25) is 0 Å². The predicted octanol–water partition coefficient (Wildman–Crippen LogP) is 2.34. The Bertz CT molecular complexity index is 389. The first-order valence-electron chi connectivity index (χ1n) is 7.43. The van der Waals surface area contributed by atoms with E-state index in [1.807, 2.05) is 17.9 Å². The molecule has 1 N–H and O–H groups in total. The lowest BCUT2D eigenvalue weighted by molar-refractivity contribution is 0.0834. The molecule has 0 saturated heterocycles. The Labute approximate surface area is 117 Å². The Kier molecular flexibility index (Phi) is 4.63. The highest BCUT2D eigenvalue weighted by atomic mass is 15.2. The van der Waals surface area contributed by atoms with E-state index in [-0.39, 0.29) is 5.54 Å². The predicted molar refractivity (Wildman–Crippen MR) is 79.1 cm³/mol. The first kappa shape index (κ1) is 14.5. The molecule has 1 saturated carbocycles. The van der Waals surface area contributed by atoms with Crippen LogP contribution in [0.5, 0.6) is 0 Å². The van der Waals surface area contributed by atoms with Gasteiger partial charge < -0.3 is 10.2 Å². The molecular formula is C15H28N4. The van der Waals surface area contributed by atoms with Gasteiger partial charge in [0.05, 0.1) is 12.2 Å². The zero-order chi connectivity index (χ0) is 13.9. The van der Waals surface area contributed by atoms with Crippen molar-refractivity contribution in [3.63, 3.8) is 0 Å². The van der Waals surface area contributed by atoms with E-state index in [2.05, 4.69) is 42.7 Å². The molecule has 1 fully saturated rings. The molecule has 0 amide bonds. The monoisotopic (exact) mass is 264 g/mol. The number of aromatic nitrogens is 2. The quantitative estimate of drug-likeness (QED) is 0.847. The fraction of sp³-hybridized carbons (Fsp3) is 0.800. The highest BCUT2D eigenvalue weighted by molar-refractivity contribution is 5.18. The third kappa shape index (κ3) is 2.84. The largest absolute Gasteiger partial charge is 0.311 e. The molecule has 1 unspecified atom stereocenters. The lowest BCUT2D eigenvalue weighted by Crippen LogP contribution is -2.52. The maximum Gasteiger partial charge on any atom is 0.0538 e. The molecule has 1 aromatic heterocycles. The number of hydrogen-bond acceptors (Lipinski definition) is 3. The summed E-state index contributed by atoms with van der Waals surface area (Å²) >= 11 is 0. The number of rotatable bonds is 4. The van der Waals surface area contributed by atoms with Crippen LogP contribution in [0.4, 0.5) is 0 Å². The van der Waals surface area contributed by atoms with E-state index in [0.29, 0.717) is 6.04 Å². The highest BCUT2D eigenvalue weighted by Crippen LogP contribution is 2.40. The molecule has 0 radical (unpaired) electrons. The van der Waals surface area contributed by atoms with E-state index in [9.17, 15) is 0 Å². The van der Waals surface area contributed by atoms with Crippen LogP contribution >= 0.6 is 0 Å². The summed E-state index contributed by atoms with van der Waals surface area (Å²) in [5.74, 6) is 0. The Balaban J connectivity index is 2.34. The van der Waals surface area contributed by atoms with Gasteiger partial charge in [-0.15, -0.1) is 0 Å². The molecule has 1 aliphatic carbocycles. The van der Waals surface area contributed by atoms with Crippen molar-refractivity contribution < 1.29 is 0 Å². The average molecular weight is 264 g/mol. The van der Waals surface area contributed by atoms with Crippen LogP contribution < -0.4 is 5.32 Å². The van der Waals surface area contributed by atoms with Crippen molar-refractivity contribution >= 4 is 0 Å². The lowest BCUT2D eigenvalue weighted by atomic mass is 9.79. The van der Waals surface area contributed by atoms with Crippen LogP contribution in [0.1, 0.15) is 50.1 Å². The zero-order valence-corrected chi connectivity index (χ0v) is 12.8. The van der Waals surface area contributed by atoms with E-state index < -0.39 is 0 Å². The van der Waals surface area contributed by atoms with Crippen molar-refractivity contribution in [1.29, 1.82) is 0 Å². The number of likely N-dealkylation sites (N-methyl/N-ethyl adjacent to an activating group) is 2. The molecular weight excluding hydrogens is 236 g/mol. The molecule has 1 atom stereocenters. The first-order valence-corrected chi connectivity index (χ1v) is 7.43. The van der Waals surface area contributed by atoms with Gasteiger partial charge in [0.25, 0.3) is 0 Å². The smallest absolute Gasteiger partial charge is 0.0538 e. The van der Waals surface area contributed by atoms with Gasteiger partial charge in [-0.3, -0.25) is 4.68 Å². The minimum atomic E-state index is 0.217. The second kappa shape index (κ2) is 6.06. The van der Waals surface area contributed by atoms with Crippen LogP contribution in [0, 0.1) is 0 Å². The van der Waals surface area contributed by atoms with Crippen molar-refractivity contribution in [2.24, 2.45) is 7.05 Å². The molecule has 19 heavy (non-hydrogen) atoms. The average Bonchev–Trinajstić information content (AvgIpc) is 2.66. The van der Waals surface area contributed by atoms with Crippen LogP contribution in [0.25, 0.3) is 0 Å². The molecule has 108 valence electrons. The molecule has 4 nitrogen and oxygen atoms in total. The van der Waals surface area contributed by atoms with Gasteiger partial charge >= 0.3 is 0 Å². The molecule has 1 heterocycles. The van der Waals surface area contributed by atoms with Gasteiger partial charge in [0, 0.05) is 24.3 Å². The molecule has 2 rings (SSSR count). The van der Waals surface area contributed by atoms with E-state index in [0.717, 1.165) is 0 Å². The van der Waals surface area contributed by atoms with Crippen LogP contribution in [0.15, 0.2) is 12.4 Å². The highest BCUT2D eigenvalue weighted by Gasteiger charge is 2.41. The lowest BCUT2D eigenvalue weighted by Gasteiger charge is -2.45. The molecule has 4 heteroatoms. The van der Waals surface area contributed by atoms with Crippen molar-refractivity contribution in [3.05, 3.63) is 18.0 Å². The summed E-state index contributed by atoms with van der Waals surface area (Å²) in [6.45, 7) is 0. The third-order valence-electron chi connectivity index (χ3n) is 4.74. The summed E-state index contributed by atoms with van der Waals surface area (Å²) < 4.78 is 1.90. The van der Waals surface area contributed by atoms with Gasteiger partial charge in [0.15, 0.2) is 0 Å². The number of nitrogens with one attached hydrogen (secondary N) is 1. The minimum absolute atomic E-state index is 0.217. The standard InChI is InChI=1S/C15H28N4/c1-16-14(13-11-17-19(4)12-13)15(18(2)3)9-7-5-6-8-10-15/h11-12,14,16H,5-10H2,1-4H3. The normalized spacial score (nSPS) is 21.3. The maximum absolute atomic E-state index is 4.35. The van der Waals surface area contributed by atoms with E-state index in [1.54, 1.807) is 0 Å². The van der Waals surface area contributed by atoms with E-state index in [1.165, 1.54) is 44.1 Å². The second-order valence-electron chi connectivity index (χ2n) is 6.08. The van der Waals surface area contributed by atoms with Crippen LogP contribution in [0.3, 0.4) is 0 Å². The summed E-state index contributed by atoms with van der Waals surface area (Å²) in [6.07, 6.45) is 12.1. The van der Waals surface area contributed by atoms with Crippen molar-refractivity contribution in [2.75, 3.05) is 21.1 Å². The van der Waals surface area contributed by atoms with Gasteiger partial charge in [0.1, 0.15) is 0 Å². The Hall–Kier alpha value is -0.870. The molecule has 0 aliphatic heterocycles. The van der Waals surface area contributed by atoms with Gasteiger partial charge in [-0.05, 0) is 34.0 Å². The van der Waals surface area contributed by atoms with Crippen LogP contribution in [-0.4, -0.2) is 41.4 Å². The van der Waals surface area contributed by atoms with E-state index >= 15 is 0 Å². The number of aryl methyl sites for hydroxylation is 1. The zero-order valence-electron chi connectivity index (χ0n) is 12.8. The first-order chi connectivity index (χ1) is 9.10. The van der Waals surface area contributed by atoms with Crippen LogP contribution in [-0.2, 0) is 7.05 Å².